The predicted octanol–water partition coefficient (Wildman–Crippen LogP) is 5.70. The lowest BCUT2D eigenvalue weighted by Crippen LogP contribution is -2.10. The number of hydrogen-bond donors (Lipinski definition) is 0. The summed E-state index contributed by atoms with van der Waals surface area (Å²) in [5.41, 5.74) is 0.748. The lowest BCUT2D eigenvalue weighted by molar-refractivity contribution is 0.594. The van der Waals surface area contributed by atoms with Crippen LogP contribution in [0.2, 0.25) is 0 Å². The van der Waals surface area contributed by atoms with E-state index in [0.29, 0.717) is 29.0 Å². The molecular formula is C16H8Br4N2O2S. The molecule has 0 aliphatic carbocycles. The average molecular weight is 612 g/mol. The molecule has 2 aromatic rings. The Morgan fingerprint density at radius 3 is 1.44 bits per heavy atom. The monoisotopic (exact) mass is 608 g/mol. The highest BCUT2D eigenvalue weighted by Gasteiger charge is 2.27. The maximum absolute atomic E-state index is 13.3. The summed E-state index contributed by atoms with van der Waals surface area (Å²) in [7, 11) is -3.93. The third-order valence-corrected chi connectivity index (χ3v) is 9.52. The van der Waals surface area contributed by atoms with Gasteiger partial charge in [0, 0.05) is 29.0 Å². The third kappa shape index (κ3) is 4.01. The first-order valence-corrected chi connectivity index (χ1v) is 11.3. The molecule has 0 radical (unpaired) electrons. The van der Waals surface area contributed by atoms with Gasteiger partial charge in [-0.2, -0.15) is 10.5 Å². The summed E-state index contributed by atoms with van der Waals surface area (Å²) in [6, 6.07) is 10.1. The van der Waals surface area contributed by atoms with Crippen LogP contribution in [0.3, 0.4) is 0 Å². The van der Waals surface area contributed by atoms with E-state index in [4.69, 9.17) is 10.5 Å². The van der Waals surface area contributed by atoms with E-state index in [0.717, 1.165) is 0 Å². The minimum atomic E-state index is -3.93. The summed E-state index contributed by atoms with van der Waals surface area (Å²) >= 11 is 13.3. The van der Waals surface area contributed by atoms with Crippen molar-refractivity contribution in [3.8, 4) is 12.1 Å². The molecule has 0 heterocycles. The zero-order valence-electron chi connectivity index (χ0n) is 12.4. The van der Waals surface area contributed by atoms with Crippen molar-refractivity contribution < 1.29 is 8.42 Å². The van der Waals surface area contributed by atoms with Crippen molar-refractivity contribution in [1.29, 1.82) is 10.5 Å². The largest absolute Gasteiger partial charge is 0.218 e. The van der Waals surface area contributed by atoms with E-state index < -0.39 is 9.84 Å². The Hall–Kier alpha value is -0.710. The first-order valence-electron chi connectivity index (χ1n) is 6.68. The summed E-state index contributed by atoms with van der Waals surface area (Å²) in [5, 5.41) is 18.2. The fourth-order valence-corrected chi connectivity index (χ4v) is 5.97. The predicted molar refractivity (Wildman–Crippen MR) is 108 cm³/mol. The smallest absolute Gasteiger partial charge is 0.207 e. The lowest BCUT2D eigenvalue weighted by atomic mass is 10.2. The zero-order chi connectivity index (χ0) is 18.8. The van der Waals surface area contributed by atoms with Crippen LogP contribution >= 0.6 is 63.7 Å². The van der Waals surface area contributed by atoms with E-state index >= 15 is 0 Å². The second-order valence-corrected chi connectivity index (χ2v) is 10.0. The van der Waals surface area contributed by atoms with Gasteiger partial charge in [0.05, 0.1) is 34.8 Å². The summed E-state index contributed by atoms with van der Waals surface area (Å²) in [5.74, 6) is 0. The van der Waals surface area contributed by atoms with E-state index in [1.807, 2.05) is 12.1 Å². The highest BCUT2D eigenvalue weighted by molar-refractivity contribution is 9.13. The highest BCUT2D eigenvalue weighted by atomic mass is 79.9. The number of halogens is 4. The Bertz CT molecular complexity index is 960. The van der Waals surface area contributed by atoms with Gasteiger partial charge in [0.1, 0.15) is 0 Å². The number of hydrogen-bond acceptors (Lipinski definition) is 4. The Balaban J connectivity index is 2.83. The second-order valence-electron chi connectivity index (χ2n) is 4.85. The Kier molecular flexibility index (Phi) is 6.86. The second kappa shape index (κ2) is 8.32. The molecule has 9 heteroatoms. The van der Waals surface area contributed by atoms with Gasteiger partial charge in [-0.25, -0.2) is 8.42 Å². The third-order valence-electron chi connectivity index (χ3n) is 3.40. The standard InChI is InChI=1S/C16H8Br4N2O2S/c17-11-1-3-13(9(5-7-21)15(11)19)25(23,24)14-4-2-12(18)16(20)10(14)6-8-22/h1-4H,5-6H2. The van der Waals surface area contributed by atoms with Crippen LogP contribution in [0, 0.1) is 22.7 Å². The van der Waals surface area contributed by atoms with Crippen LogP contribution in [0.25, 0.3) is 0 Å². The molecule has 0 aliphatic rings. The van der Waals surface area contributed by atoms with Crippen LogP contribution in [-0.2, 0) is 22.7 Å². The Morgan fingerprint density at radius 2 is 1.12 bits per heavy atom. The lowest BCUT2D eigenvalue weighted by Gasteiger charge is -2.15. The maximum atomic E-state index is 13.3. The molecule has 2 aromatic carbocycles. The van der Waals surface area contributed by atoms with Crippen molar-refractivity contribution in [3.63, 3.8) is 0 Å². The van der Waals surface area contributed by atoms with Gasteiger partial charge in [-0.3, -0.25) is 0 Å². The molecule has 0 aliphatic heterocycles. The summed E-state index contributed by atoms with van der Waals surface area (Å²) in [6.07, 6.45) is -0.139. The van der Waals surface area contributed by atoms with Gasteiger partial charge in [-0.15, -0.1) is 0 Å². The van der Waals surface area contributed by atoms with Crippen LogP contribution in [0.1, 0.15) is 11.1 Å². The topological polar surface area (TPSA) is 81.7 Å². The van der Waals surface area contributed by atoms with Crippen molar-refractivity contribution in [1.82, 2.24) is 0 Å². The molecule has 0 amide bonds. The molecule has 0 saturated carbocycles. The first-order chi connectivity index (χ1) is 11.8. The molecule has 4 nitrogen and oxygen atoms in total. The van der Waals surface area contributed by atoms with Gasteiger partial charge in [0.2, 0.25) is 9.84 Å². The molecular weight excluding hydrogens is 604 g/mol. The van der Waals surface area contributed by atoms with Gasteiger partial charge < -0.3 is 0 Å². The first kappa shape index (κ1) is 20.6. The number of nitriles is 2. The minimum Gasteiger partial charge on any atom is -0.218 e. The zero-order valence-corrected chi connectivity index (χ0v) is 19.5. The van der Waals surface area contributed by atoms with Crippen LogP contribution < -0.4 is 0 Å². The average Bonchev–Trinajstić information content (AvgIpc) is 2.56. The molecule has 0 spiro atoms. The van der Waals surface area contributed by atoms with Crippen molar-refractivity contribution in [2.45, 2.75) is 22.6 Å². The van der Waals surface area contributed by atoms with Crippen molar-refractivity contribution in [2.75, 3.05) is 0 Å². The van der Waals surface area contributed by atoms with E-state index in [9.17, 15) is 8.42 Å². The van der Waals surface area contributed by atoms with Gasteiger partial charge in [-0.1, -0.05) is 0 Å². The fraction of sp³-hybridized carbons (Fsp3) is 0.125. The van der Waals surface area contributed by atoms with Gasteiger partial charge in [0.15, 0.2) is 0 Å². The molecule has 0 bridgehead atoms. The minimum absolute atomic E-state index is 0.0394. The van der Waals surface area contributed by atoms with Crippen LogP contribution in [-0.4, -0.2) is 8.42 Å². The molecule has 25 heavy (non-hydrogen) atoms. The van der Waals surface area contributed by atoms with Crippen LogP contribution in [0.4, 0.5) is 0 Å². The number of sulfone groups is 1. The number of benzene rings is 2. The molecule has 0 aromatic heterocycles. The van der Waals surface area contributed by atoms with Gasteiger partial charge in [0.25, 0.3) is 0 Å². The summed E-state index contributed by atoms with van der Waals surface area (Å²) in [4.78, 5) is 0.0788. The van der Waals surface area contributed by atoms with Crippen molar-refractivity contribution in [2.24, 2.45) is 0 Å². The molecule has 0 atom stereocenters. The van der Waals surface area contributed by atoms with Crippen molar-refractivity contribution >= 4 is 73.6 Å². The molecule has 128 valence electrons. The molecule has 2 rings (SSSR count). The molecule has 0 fully saturated rings. The molecule has 0 N–H and O–H groups in total. The van der Waals surface area contributed by atoms with Gasteiger partial charge >= 0.3 is 0 Å². The van der Waals surface area contributed by atoms with E-state index in [2.05, 4.69) is 63.7 Å². The Labute approximate surface area is 179 Å². The Morgan fingerprint density at radius 1 is 0.760 bits per heavy atom. The number of rotatable bonds is 4. The number of nitrogens with zero attached hydrogens (tertiary/aromatic N) is 2. The molecule has 0 saturated heterocycles. The quantitative estimate of drug-likeness (QED) is 0.444. The fourth-order valence-electron chi connectivity index (χ4n) is 2.26. The maximum Gasteiger partial charge on any atom is 0.207 e. The van der Waals surface area contributed by atoms with E-state index in [1.54, 1.807) is 12.1 Å². The summed E-state index contributed by atoms with van der Waals surface area (Å²) in [6.45, 7) is 0. The van der Waals surface area contributed by atoms with Crippen LogP contribution in [0.15, 0.2) is 51.9 Å². The van der Waals surface area contributed by atoms with E-state index in [1.165, 1.54) is 12.1 Å². The van der Waals surface area contributed by atoms with Crippen LogP contribution in [0.5, 0.6) is 0 Å². The summed E-state index contributed by atoms with van der Waals surface area (Å²) < 4.78 is 28.9. The molecule has 0 unspecified atom stereocenters. The van der Waals surface area contributed by atoms with Crippen molar-refractivity contribution in [3.05, 3.63) is 53.3 Å². The van der Waals surface area contributed by atoms with E-state index in [-0.39, 0.29) is 22.6 Å². The van der Waals surface area contributed by atoms with Gasteiger partial charge in [-0.05, 0) is 88.0 Å². The normalized spacial score (nSPS) is 11.0. The highest BCUT2D eigenvalue weighted by Crippen LogP contribution is 2.38. The SMILES string of the molecule is N#CCc1c(S(=O)(=O)c2ccc(Br)c(Br)c2CC#N)ccc(Br)c1Br.